The van der Waals surface area contributed by atoms with Crippen molar-refractivity contribution < 1.29 is 4.74 Å². The molecule has 1 aliphatic carbocycles. The molecule has 0 saturated heterocycles. The van der Waals surface area contributed by atoms with Gasteiger partial charge in [0.15, 0.2) is 5.75 Å². The van der Waals surface area contributed by atoms with E-state index in [0.29, 0.717) is 17.6 Å². The average Bonchev–Trinajstić information content (AvgIpc) is 2.40. The summed E-state index contributed by atoms with van der Waals surface area (Å²) in [4.78, 5) is 8.73. The SMILES string of the molecule is COc1cnc(C2CCC(/C=C/Cl)CC2)nc1. The summed E-state index contributed by atoms with van der Waals surface area (Å²) in [5, 5.41) is 0. The van der Waals surface area contributed by atoms with Gasteiger partial charge in [-0.25, -0.2) is 9.97 Å². The summed E-state index contributed by atoms with van der Waals surface area (Å²) in [6.45, 7) is 0. The van der Waals surface area contributed by atoms with Gasteiger partial charge in [0.1, 0.15) is 5.82 Å². The number of halogens is 1. The lowest BCUT2D eigenvalue weighted by Crippen LogP contribution is -2.13. The Morgan fingerprint density at radius 1 is 1.24 bits per heavy atom. The molecule has 0 bridgehead atoms. The Kier molecular flexibility index (Phi) is 4.37. The molecule has 0 aromatic carbocycles. The number of methoxy groups -OCH3 is 1. The lowest BCUT2D eigenvalue weighted by atomic mass is 9.82. The highest BCUT2D eigenvalue weighted by atomic mass is 35.5. The summed E-state index contributed by atoms with van der Waals surface area (Å²) in [5.41, 5.74) is 1.63. The van der Waals surface area contributed by atoms with Crippen LogP contribution in [0, 0.1) is 5.92 Å². The molecule has 0 N–H and O–H groups in total. The van der Waals surface area contributed by atoms with Crippen molar-refractivity contribution in [2.45, 2.75) is 31.6 Å². The van der Waals surface area contributed by atoms with Gasteiger partial charge in [-0.05, 0) is 31.6 Å². The van der Waals surface area contributed by atoms with Crippen LogP contribution in [0.1, 0.15) is 37.4 Å². The van der Waals surface area contributed by atoms with Gasteiger partial charge in [0, 0.05) is 11.5 Å². The number of nitrogens with zero attached hydrogens (tertiary/aromatic N) is 2. The highest BCUT2D eigenvalue weighted by Crippen LogP contribution is 2.34. The van der Waals surface area contributed by atoms with Crippen LogP contribution in [0.25, 0.3) is 0 Å². The van der Waals surface area contributed by atoms with Gasteiger partial charge in [0.2, 0.25) is 0 Å². The van der Waals surface area contributed by atoms with E-state index in [0.717, 1.165) is 18.7 Å². The zero-order valence-electron chi connectivity index (χ0n) is 9.97. The molecule has 1 aliphatic rings. The van der Waals surface area contributed by atoms with Gasteiger partial charge in [-0.15, -0.1) is 0 Å². The first-order valence-corrected chi connectivity index (χ1v) is 6.40. The Morgan fingerprint density at radius 3 is 2.41 bits per heavy atom. The van der Waals surface area contributed by atoms with E-state index in [1.165, 1.54) is 12.8 Å². The highest BCUT2D eigenvalue weighted by Gasteiger charge is 2.22. The third-order valence-corrected chi connectivity index (χ3v) is 3.51. The van der Waals surface area contributed by atoms with Gasteiger partial charge in [0.25, 0.3) is 0 Å². The Balaban J connectivity index is 1.95. The molecular weight excluding hydrogens is 236 g/mol. The summed E-state index contributed by atoms with van der Waals surface area (Å²) >= 11 is 5.60. The van der Waals surface area contributed by atoms with Crippen molar-refractivity contribution in [1.82, 2.24) is 9.97 Å². The average molecular weight is 253 g/mol. The van der Waals surface area contributed by atoms with E-state index in [1.54, 1.807) is 25.0 Å². The lowest BCUT2D eigenvalue weighted by molar-refractivity contribution is 0.363. The fraction of sp³-hybridized carbons (Fsp3) is 0.538. The summed E-state index contributed by atoms with van der Waals surface area (Å²) in [7, 11) is 1.63. The van der Waals surface area contributed by atoms with E-state index >= 15 is 0 Å². The molecule has 0 unspecified atom stereocenters. The number of allylic oxidation sites excluding steroid dienone is 1. The number of hydrogen-bond donors (Lipinski definition) is 0. The van der Waals surface area contributed by atoms with Crippen LogP contribution >= 0.6 is 11.6 Å². The minimum atomic E-state index is 0.487. The molecule has 0 atom stereocenters. The zero-order chi connectivity index (χ0) is 12.1. The first kappa shape index (κ1) is 12.4. The third kappa shape index (κ3) is 3.19. The number of rotatable bonds is 3. The minimum Gasteiger partial charge on any atom is -0.494 e. The maximum Gasteiger partial charge on any atom is 0.155 e. The molecule has 1 fully saturated rings. The molecule has 1 aromatic rings. The summed E-state index contributed by atoms with van der Waals surface area (Å²) in [6, 6.07) is 0. The number of ether oxygens (including phenoxy) is 1. The van der Waals surface area contributed by atoms with Gasteiger partial charge in [0.05, 0.1) is 19.5 Å². The molecule has 0 spiro atoms. The highest BCUT2D eigenvalue weighted by molar-refractivity contribution is 6.25. The summed E-state index contributed by atoms with van der Waals surface area (Å²) < 4.78 is 5.06. The molecule has 92 valence electrons. The first-order valence-electron chi connectivity index (χ1n) is 5.96. The normalized spacial score (nSPS) is 25.1. The van der Waals surface area contributed by atoms with Crippen LogP contribution in [-0.2, 0) is 0 Å². The smallest absolute Gasteiger partial charge is 0.155 e. The molecule has 2 rings (SSSR count). The fourth-order valence-electron chi connectivity index (χ4n) is 2.32. The molecule has 0 radical (unpaired) electrons. The molecular formula is C13H17ClN2O. The molecule has 1 saturated carbocycles. The van der Waals surface area contributed by atoms with Gasteiger partial charge >= 0.3 is 0 Å². The van der Waals surface area contributed by atoms with Crippen LogP contribution in [0.4, 0.5) is 0 Å². The third-order valence-electron chi connectivity index (χ3n) is 3.37. The van der Waals surface area contributed by atoms with Crippen molar-refractivity contribution in [1.29, 1.82) is 0 Å². The predicted octanol–water partition coefficient (Wildman–Crippen LogP) is 3.51. The maximum absolute atomic E-state index is 5.60. The minimum absolute atomic E-state index is 0.487. The topological polar surface area (TPSA) is 35.0 Å². The van der Waals surface area contributed by atoms with Gasteiger partial charge in [-0.2, -0.15) is 0 Å². The summed E-state index contributed by atoms with van der Waals surface area (Å²) in [6.07, 6.45) is 10.2. The van der Waals surface area contributed by atoms with Crippen LogP contribution in [0.15, 0.2) is 24.0 Å². The molecule has 17 heavy (non-hydrogen) atoms. The van der Waals surface area contributed by atoms with Crippen LogP contribution < -0.4 is 4.74 Å². The molecule has 0 amide bonds. The first-order chi connectivity index (χ1) is 8.33. The van der Waals surface area contributed by atoms with E-state index in [9.17, 15) is 0 Å². The predicted molar refractivity (Wildman–Crippen MR) is 68.3 cm³/mol. The van der Waals surface area contributed by atoms with E-state index in [2.05, 4.69) is 16.0 Å². The number of hydrogen-bond acceptors (Lipinski definition) is 3. The fourth-order valence-corrected chi connectivity index (χ4v) is 2.52. The molecule has 1 heterocycles. The molecule has 0 aliphatic heterocycles. The van der Waals surface area contributed by atoms with E-state index in [4.69, 9.17) is 16.3 Å². The largest absolute Gasteiger partial charge is 0.494 e. The van der Waals surface area contributed by atoms with E-state index < -0.39 is 0 Å². The van der Waals surface area contributed by atoms with Crippen LogP contribution in [0.3, 0.4) is 0 Å². The monoisotopic (exact) mass is 252 g/mol. The van der Waals surface area contributed by atoms with Crippen LogP contribution in [-0.4, -0.2) is 17.1 Å². The van der Waals surface area contributed by atoms with Gasteiger partial charge in [-0.3, -0.25) is 0 Å². The van der Waals surface area contributed by atoms with Crippen LogP contribution in [0.5, 0.6) is 5.75 Å². The van der Waals surface area contributed by atoms with E-state index in [-0.39, 0.29) is 0 Å². The van der Waals surface area contributed by atoms with Crippen molar-refractivity contribution in [2.24, 2.45) is 5.92 Å². The second-order valence-electron chi connectivity index (χ2n) is 4.41. The van der Waals surface area contributed by atoms with Gasteiger partial charge in [-0.1, -0.05) is 17.7 Å². The molecule has 3 nitrogen and oxygen atoms in total. The standard InChI is InChI=1S/C13H17ClN2O/c1-17-12-8-15-13(16-9-12)11-4-2-10(3-5-11)6-7-14/h6-11H,2-5H2,1H3/b7-6+. The maximum atomic E-state index is 5.60. The van der Waals surface area contributed by atoms with Crippen molar-refractivity contribution >= 4 is 11.6 Å². The Morgan fingerprint density at radius 2 is 1.88 bits per heavy atom. The van der Waals surface area contributed by atoms with E-state index in [1.807, 2.05) is 0 Å². The quantitative estimate of drug-likeness (QED) is 0.826. The summed E-state index contributed by atoms with van der Waals surface area (Å²) in [5.74, 6) is 2.77. The van der Waals surface area contributed by atoms with Crippen molar-refractivity contribution in [3.05, 3.63) is 29.8 Å². The second-order valence-corrected chi connectivity index (χ2v) is 4.66. The van der Waals surface area contributed by atoms with Crippen molar-refractivity contribution in [2.75, 3.05) is 7.11 Å². The molecule has 1 aromatic heterocycles. The van der Waals surface area contributed by atoms with Crippen LogP contribution in [0.2, 0.25) is 0 Å². The Hall–Kier alpha value is -1.09. The molecule has 4 heteroatoms. The zero-order valence-corrected chi connectivity index (χ0v) is 10.7. The lowest BCUT2D eigenvalue weighted by Gasteiger charge is -2.25. The van der Waals surface area contributed by atoms with Crippen molar-refractivity contribution in [3.63, 3.8) is 0 Å². The Bertz CT molecular complexity index is 370. The van der Waals surface area contributed by atoms with Gasteiger partial charge < -0.3 is 4.74 Å². The Labute approximate surface area is 107 Å². The second kappa shape index (κ2) is 6.01. The number of aromatic nitrogens is 2. The van der Waals surface area contributed by atoms with Crippen molar-refractivity contribution in [3.8, 4) is 5.75 Å².